The zero-order chi connectivity index (χ0) is 36.0. The number of carbonyl (C=O) groups is 8. The molecule has 0 aromatic carbocycles. The molecule has 0 unspecified atom stereocenters. The quantitative estimate of drug-likeness (QED) is 0.154. The molecular formula is C28H37NO18. The first-order valence-electron chi connectivity index (χ1n) is 13.9. The van der Waals surface area contributed by atoms with Gasteiger partial charge in [0.1, 0.15) is 31.5 Å². The molecule has 0 bridgehead atoms. The van der Waals surface area contributed by atoms with Gasteiger partial charge in [-0.25, -0.2) is 0 Å². The van der Waals surface area contributed by atoms with E-state index in [-0.39, 0.29) is 0 Å². The SMILES string of the molecule is CC(=O)OC[C@@H](OC(C)=O)[C@H](O[C@@H]1O[C@H](COC(C)=O)[C@@H](OC(C)=O)[C@H](OC(C)=O)[C@H]1OC(C)=O)[C@@H](OC(C)=O)[C@@H](C#N)OC(C)=O. The number of hydrogen-bond donors (Lipinski definition) is 0. The van der Waals surface area contributed by atoms with Gasteiger partial charge < -0.3 is 47.4 Å². The first kappa shape index (κ1) is 40.2. The van der Waals surface area contributed by atoms with Gasteiger partial charge in [0.25, 0.3) is 0 Å². The van der Waals surface area contributed by atoms with Crippen LogP contribution >= 0.6 is 0 Å². The molecule has 47 heavy (non-hydrogen) atoms. The zero-order valence-electron chi connectivity index (χ0n) is 26.9. The summed E-state index contributed by atoms with van der Waals surface area (Å²) >= 11 is 0. The molecule has 0 N–H and O–H groups in total. The Bertz CT molecular complexity index is 1230. The lowest BCUT2D eigenvalue weighted by Gasteiger charge is -2.46. The summed E-state index contributed by atoms with van der Waals surface area (Å²) < 4.78 is 53.6. The second-order valence-electron chi connectivity index (χ2n) is 9.85. The van der Waals surface area contributed by atoms with Gasteiger partial charge in [0.05, 0.1) is 0 Å². The Morgan fingerprint density at radius 2 is 1.09 bits per heavy atom. The number of rotatable bonds is 15. The van der Waals surface area contributed by atoms with Crippen LogP contribution in [-0.4, -0.2) is 116 Å². The van der Waals surface area contributed by atoms with Gasteiger partial charge in [-0.2, -0.15) is 5.26 Å². The molecule has 0 aromatic rings. The standard InChI is InChI=1S/C28H37NO18/c1-12(30)38-10-21(41-15(4)33)24(23(42-16(5)34)20(9-29)40-14(3)32)47-28-27(45-19(8)37)26(44-18(7)36)25(43-17(6)35)22(46-28)11-39-13(2)31/h20-28H,10-11H2,1-8H3/t20-,21-,22-,23+,24+,25-,26+,27-,28+/m1/s1. The Morgan fingerprint density at radius 3 is 1.53 bits per heavy atom. The van der Waals surface area contributed by atoms with Crippen LogP contribution in [0.15, 0.2) is 0 Å². The summed E-state index contributed by atoms with van der Waals surface area (Å²) in [5, 5.41) is 9.87. The third-order valence-electron chi connectivity index (χ3n) is 5.72. The maximum Gasteiger partial charge on any atom is 0.304 e. The van der Waals surface area contributed by atoms with E-state index in [9.17, 15) is 43.6 Å². The lowest BCUT2D eigenvalue weighted by atomic mass is 9.97. The highest BCUT2D eigenvalue weighted by atomic mass is 16.8. The maximum absolute atomic E-state index is 12.3. The van der Waals surface area contributed by atoms with Crippen LogP contribution in [-0.2, 0) is 85.7 Å². The van der Waals surface area contributed by atoms with E-state index in [1.165, 1.54) is 0 Å². The Hall–Kier alpha value is -4.83. The number of esters is 8. The minimum Gasteiger partial charge on any atom is -0.463 e. The molecule has 19 heteroatoms. The Balaban J connectivity index is 3.99. The average Bonchev–Trinajstić information content (AvgIpc) is 2.92. The van der Waals surface area contributed by atoms with Gasteiger partial charge in [-0.3, -0.25) is 38.4 Å². The largest absolute Gasteiger partial charge is 0.463 e. The van der Waals surface area contributed by atoms with Gasteiger partial charge in [-0.05, 0) is 0 Å². The van der Waals surface area contributed by atoms with Gasteiger partial charge in [-0.15, -0.1) is 0 Å². The van der Waals surface area contributed by atoms with Crippen LogP contribution in [0.4, 0.5) is 0 Å². The number of carbonyl (C=O) groups excluding carboxylic acids is 8. The van der Waals surface area contributed by atoms with Crippen LogP contribution in [0.5, 0.6) is 0 Å². The summed E-state index contributed by atoms with van der Waals surface area (Å²) in [6, 6.07) is 1.62. The summed E-state index contributed by atoms with van der Waals surface area (Å²) in [5.41, 5.74) is 0. The molecular weight excluding hydrogens is 638 g/mol. The number of nitriles is 1. The highest BCUT2D eigenvalue weighted by Crippen LogP contribution is 2.32. The highest BCUT2D eigenvalue weighted by Gasteiger charge is 2.55. The summed E-state index contributed by atoms with van der Waals surface area (Å²) in [5.74, 6) is -7.58. The summed E-state index contributed by atoms with van der Waals surface area (Å²) in [7, 11) is 0. The second-order valence-corrected chi connectivity index (χ2v) is 9.85. The van der Waals surface area contributed by atoms with E-state index in [0.717, 1.165) is 55.4 Å². The monoisotopic (exact) mass is 675 g/mol. The zero-order valence-corrected chi connectivity index (χ0v) is 26.9. The van der Waals surface area contributed by atoms with E-state index in [0.29, 0.717) is 0 Å². The molecule has 262 valence electrons. The molecule has 1 aliphatic heterocycles. The number of ether oxygens (including phenoxy) is 10. The van der Waals surface area contributed by atoms with Crippen molar-refractivity contribution in [1.29, 1.82) is 5.26 Å². The third kappa shape index (κ3) is 14.0. The lowest BCUT2D eigenvalue weighted by Crippen LogP contribution is -2.65. The third-order valence-corrected chi connectivity index (χ3v) is 5.72. The summed E-state index contributed by atoms with van der Waals surface area (Å²) in [6.45, 7) is 6.40. The fourth-order valence-corrected chi connectivity index (χ4v) is 4.28. The predicted octanol–water partition coefficient (Wildman–Crippen LogP) is -0.664. The average molecular weight is 676 g/mol. The van der Waals surface area contributed by atoms with E-state index >= 15 is 0 Å². The first-order valence-corrected chi connectivity index (χ1v) is 13.9. The van der Waals surface area contributed by atoms with E-state index in [1.807, 2.05) is 0 Å². The fraction of sp³-hybridized carbons (Fsp3) is 0.679. The van der Waals surface area contributed by atoms with Crippen LogP contribution in [0.1, 0.15) is 55.4 Å². The minimum absolute atomic E-state index is 0.648. The maximum atomic E-state index is 12.3. The molecule has 1 saturated heterocycles. The van der Waals surface area contributed by atoms with Gasteiger partial charge in [0, 0.05) is 55.4 Å². The molecule has 1 rings (SSSR count). The molecule has 1 aliphatic rings. The smallest absolute Gasteiger partial charge is 0.304 e. The van der Waals surface area contributed by atoms with E-state index in [2.05, 4.69) is 0 Å². The van der Waals surface area contributed by atoms with Crippen LogP contribution in [0, 0.1) is 11.3 Å². The molecule has 19 nitrogen and oxygen atoms in total. The van der Waals surface area contributed by atoms with Crippen molar-refractivity contribution in [3.05, 3.63) is 0 Å². The van der Waals surface area contributed by atoms with E-state index in [1.54, 1.807) is 6.07 Å². The van der Waals surface area contributed by atoms with Gasteiger partial charge in [-0.1, -0.05) is 0 Å². The molecule has 0 amide bonds. The normalized spacial score (nSPS) is 22.7. The Morgan fingerprint density at radius 1 is 0.596 bits per heavy atom. The van der Waals surface area contributed by atoms with Crippen molar-refractivity contribution in [3.8, 4) is 6.07 Å². The van der Waals surface area contributed by atoms with Crippen molar-refractivity contribution in [2.75, 3.05) is 13.2 Å². The summed E-state index contributed by atoms with van der Waals surface area (Å²) in [6.07, 6.45) is -16.2. The van der Waals surface area contributed by atoms with Crippen molar-refractivity contribution < 1.29 is 85.7 Å². The summed E-state index contributed by atoms with van der Waals surface area (Å²) in [4.78, 5) is 96.1. The van der Waals surface area contributed by atoms with E-state index < -0.39 is 116 Å². The topological polar surface area (TPSA) is 253 Å². The molecule has 0 spiro atoms. The minimum atomic E-state index is -1.97. The fourth-order valence-electron chi connectivity index (χ4n) is 4.28. The molecule has 0 aromatic heterocycles. The van der Waals surface area contributed by atoms with Crippen molar-refractivity contribution in [3.63, 3.8) is 0 Å². The Labute approximate surface area is 268 Å². The van der Waals surface area contributed by atoms with Crippen LogP contribution in [0.3, 0.4) is 0 Å². The van der Waals surface area contributed by atoms with E-state index in [4.69, 9.17) is 47.4 Å². The second kappa shape index (κ2) is 19.0. The highest BCUT2D eigenvalue weighted by molar-refractivity contribution is 5.70. The van der Waals surface area contributed by atoms with Crippen LogP contribution in [0.2, 0.25) is 0 Å². The molecule has 0 saturated carbocycles. The van der Waals surface area contributed by atoms with Crippen LogP contribution < -0.4 is 0 Å². The van der Waals surface area contributed by atoms with Crippen molar-refractivity contribution >= 4 is 47.8 Å². The Kier molecular flexibility index (Phi) is 16.2. The molecule has 0 radical (unpaired) electrons. The van der Waals surface area contributed by atoms with Gasteiger partial charge in [0.15, 0.2) is 36.8 Å². The first-order chi connectivity index (χ1) is 21.9. The lowest BCUT2D eigenvalue weighted by molar-refractivity contribution is -0.330. The predicted molar refractivity (Wildman–Crippen MR) is 146 cm³/mol. The van der Waals surface area contributed by atoms with Crippen molar-refractivity contribution in [1.82, 2.24) is 0 Å². The number of nitrogens with zero attached hydrogens (tertiary/aromatic N) is 1. The molecule has 1 fully saturated rings. The van der Waals surface area contributed by atoms with Gasteiger partial charge in [0.2, 0.25) is 6.10 Å². The van der Waals surface area contributed by atoms with Crippen LogP contribution in [0.25, 0.3) is 0 Å². The molecule has 0 aliphatic carbocycles. The van der Waals surface area contributed by atoms with Crippen molar-refractivity contribution in [2.24, 2.45) is 0 Å². The van der Waals surface area contributed by atoms with Crippen molar-refractivity contribution in [2.45, 2.75) is 111 Å². The molecule has 9 atom stereocenters. The number of hydrogen-bond acceptors (Lipinski definition) is 19. The molecule has 1 heterocycles. The van der Waals surface area contributed by atoms with Gasteiger partial charge >= 0.3 is 47.8 Å².